The van der Waals surface area contributed by atoms with Crippen LogP contribution in [0.25, 0.3) is 11.3 Å². The van der Waals surface area contributed by atoms with Crippen LogP contribution in [0, 0.1) is 0 Å². The van der Waals surface area contributed by atoms with Crippen LogP contribution in [0.5, 0.6) is 0 Å². The van der Waals surface area contributed by atoms with E-state index in [4.69, 9.17) is 17.2 Å². The van der Waals surface area contributed by atoms with Crippen molar-refractivity contribution in [3.8, 4) is 11.3 Å². The van der Waals surface area contributed by atoms with Gasteiger partial charge in [0, 0.05) is 18.0 Å². The van der Waals surface area contributed by atoms with Gasteiger partial charge in [0.1, 0.15) is 11.4 Å². The molecule has 5 nitrogen and oxygen atoms in total. The molecule has 2 aromatic rings. The third kappa shape index (κ3) is 2.24. The Hall–Kier alpha value is -2.51. The molecule has 0 saturated carbocycles. The first kappa shape index (κ1) is 12.9. The molecule has 0 spiro atoms. The molecular weight excluding hydrogens is 259 g/mol. The van der Waals surface area contributed by atoms with Crippen molar-refractivity contribution in [3.63, 3.8) is 0 Å². The molecule has 2 aromatic heterocycles. The first-order valence-electron chi connectivity index (χ1n) is 5.14. The summed E-state index contributed by atoms with van der Waals surface area (Å²) in [6, 6.07) is 2.92. The number of anilines is 3. The summed E-state index contributed by atoms with van der Waals surface area (Å²) < 4.78 is 39.2. The predicted octanol–water partition coefficient (Wildman–Crippen LogP) is 1.91. The molecule has 0 atom stereocenters. The zero-order chi connectivity index (χ0) is 14.2. The quantitative estimate of drug-likeness (QED) is 0.733. The van der Waals surface area contributed by atoms with Crippen molar-refractivity contribution >= 4 is 17.2 Å². The third-order valence-corrected chi connectivity index (χ3v) is 2.52. The number of halogens is 3. The summed E-state index contributed by atoms with van der Waals surface area (Å²) in [5, 5.41) is 0. The van der Waals surface area contributed by atoms with Crippen molar-refractivity contribution in [1.29, 1.82) is 0 Å². The van der Waals surface area contributed by atoms with Crippen LogP contribution in [0.2, 0.25) is 0 Å². The van der Waals surface area contributed by atoms with Crippen molar-refractivity contribution in [2.45, 2.75) is 6.18 Å². The molecule has 2 heterocycles. The SMILES string of the molecule is Nc1nc(-c2cccnc2)c(C(F)(F)F)c(N)c1N. The summed E-state index contributed by atoms with van der Waals surface area (Å²) >= 11 is 0. The van der Waals surface area contributed by atoms with E-state index in [2.05, 4.69) is 9.97 Å². The van der Waals surface area contributed by atoms with Crippen LogP contribution in [0.3, 0.4) is 0 Å². The van der Waals surface area contributed by atoms with Gasteiger partial charge < -0.3 is 17.2 Å². The number of aromatic nitrogens is 2. The van der Waals surface area contributed by atoms with E-state index in [1.165, 1.54) is 24.5 Å². The van der Waals surface area contributed by atoms with Crippen LogP contribution >= 0.6 is 0 Å². The average molecular weight is 269 g/mol. The maximum absolute atomic E-state index is 13.1. The van der Waals surface area contributed by atoms with E-state index in [-0.39, 0.29) is 22.8 Å². The van der Waals surface area contributed by atoms with E-state index in [1.54, 1.807) is 0 Å². The number of hydrogen-bond donors (Lipinski definition) is 3. The van der Waals surface area contributed by atoms with E-state index >= 15 is 0 Å². The highest BCUT2D eigenvalue weighted by Crippen LogP contribution is 2.43. The first-order chi connectivity index (χ1) is 8.82. The van der Waals surface area contributed by atoms with Crippen LogP contribution in [-0.4, -0.2) is 9.97 Å². The minimum atomic E-state index is -4.69. The highest BCUT2D eigenvalue weighted by Gasteiger charge is 2.38. The van der Waals surface area contributed by atoms with Crippen molar-refractivity contribution < 1.29 is 13.2 Å². The Morgan fingerprint density at radius 1 is 1.05 bits per heavy atom. The van der Waals surface area contributed by atoms with Gasteiger partial charge in [-0.2, -0.15) is 13.2 Å². The Labute approximate surface area is 106 Å². The van der Waals surface area contributed by atoms with Crippen LogP contribution < -0.4 is 17.2 Å². The van der Waals surface area contributed by atoms with Gasteiger partial charge in [0.2, 0.25) is 0 Å². The highest BCUT2D eigenvalue weighted by molar-refractivity contribution is 5.84. The van der Waals surface area contributed by atoms with Gasteiger partial charge >= 0.3 is 6.18 Å². The van der Waals surface area contributed by atoms with E-state index < -0.39 is 17.4 Å². The van der Waals surface area contributed by atoms with Crippen LogP contribution in [0.4, 0.5) is 30.4 Å². The lowest BCUT2D eigenvalue weighted by atomic mass is 10.0. The normalized spacial score (nSPS) is 11.5. The zero-order valence-electron chi connectivity index (χ0n) is 9.57. The van der Waals surface area contributed by atoms with E-state index in [0.717, 1.165) is 0 Å². The van der Waals surface area contributed by atoms with Gasteiger partial charge in [-0.3, -0.25) is 4.98 Å². The number of nitrogen functional groups attached to an aromatic ring is 3. The van der Waals surface area contributed by atoms with Gasteiger partial charge in [-0.05, 0) is 12.1 Å². The summed E-state index contributed by atoms with van der Waals surface area (Å²) in [6.45, 7) is 0. The Kier molecular flexibility index (Phi) is 2.93. The molecule has 19 heavy (non-hydrogen) atoms. The molecule has 0 aliphatic rings. The molecule has 0 amide bonds. The van der Waals surface area contributed by atoms with E-state index in [1.807, 2.05) is 0 Å². The van der Waals surface area contributed by atoms with Crippen molar-refractivity contribution in [1.82, 2.24) is 9.97 Å². The summed E-state index contributed by atoms with van der Waals surface area (Å²) in [5.41, 5.74) is 14.0. The van der Waals surface area contributed by atoms with Crippen LogP contribution in [0.1, 0.15) is 5.56 Å². The second-order valence-corrected chi connectivity index (χ2v) is 3.79. The maximum Gasteiger partial charge on any atom is 0.420 e. The van der Waals surface area contributed by atoms with Crippen molar-refractivity contribution in [3.05, 3.63) is 30.1 Å². The van der Waals surface area contributed by atoms with Gasteiger partial charge in [0.25, 0.3) is 0 Å². The molecule has 0 fully saturated rings. The number of nitrogens with two attached hydrogens (primary N) is 3. The Balaban J connectivity index is 2.81. The highest BCUT2D eigenvalue weighted by atomic mass is 19.4. The number of rotatable bonds is 1. The average Bonchev–Trinajstić information content (AvgIpc) is 2.35. The topological polar surface area (TPSA) is 104 Å². The molecule has 6 N–H and O–H groups in total. The van der Waals surface area contributed by atoms with Gasteiger partial charge in [0.05, 0.1) is 17.1 Å². The molecule has 0 radical (unpaired) electrons. The Bertz CT molecular complexity index is 610. The Morgan fingerprint density at radius 3 is 2.26 bits per heavy atom. The third-order valence-electron chi connectivity index (χ3n) is 2.52. The maximum atomic E-state index is 13.1. The van der Waals surface area contributed by atoms with Gasteiger partial charge in [-0.15, -0.1) is 0 Å². The summed E-state index contributed by atoms with van der Waals surface area (Å²) in [5.74, 6) is -0.246. The summed E-state index contributed by atoms with van der Waals surface area (Å²) in [6.07, 6.45) is -2.02. The molecule has 0 aliphatic heterocycles. The monoisotopic (exact) mass is 269 g/mol. The molecule has 2 rings (SSSR count). The van der Waals surface area contributed by atoms with Gasteiger partial charge in [0.15, 0.2) is 0 Å². The van der Waals surface area contributed by atoms with Gasteiger partial charge in [-0.1, -0.05) is 0 Å². The minimum Gasteiger partial charge on any atom is -0.396 e. The number of pyridine rings is 2. The molecule has 0 saturated heterocycles. The predicted molar refractivity (Wildman–Crippen MR) is 65.7 cm³/mol. The lowest BCUT2D eigenvalue weighted by Gasteiger charge is -2.17. The fourth-order valence-electron chi connectivity index (χ4n) is 1.64. The summed E-state index contributed by atoms with van der Waals surface area (Å²) in [4.78, 5) is 7.43. The molecular formula is C11H10F3N5. The number of nitrogens with zero attached hydrogens (tertiary/aromatic N) is 2. The van der Waals surface area contributed by atoms with E-state index in [0.29, 0.717) is 0 Å². The van der Waals surface area contributed by atoms with Crippen molar-refractivity contribution in [2.75, 3.05) is 17.2 Å². The zero-order valence-corrected chi connectivity index (χ0v) is 9.57. The molecule has 0 aromatic carbocycles. The molecule has 0 unspecified atom stereocenters. The largest absolute Gasteiger partial charge is 0.420 e. The number of alkyl halides is 3. The molecule has 100 valence electrons. The smallest absolute Gasteiger partial charge is 0.396 e. The van der Waals surface area contributed by atoms with E-state index in [9.17, 15) is 13.2 Å². The fourth-order valence-corrected chi connectivity index (χ4v) is 1.64. The first-order valence-corrected chi connectivity index (χ1v) is 5.14. The molecule has 0 aliphatic carbocycles. The van der Waals surface area contributed by atoms with Crippen molar-refractivity contribution in [2.24, 2.45) is 0 Å². The molecule has 8 heteroatoms. The molecule has 0 bridgehead atoms. The Morgan fingerprint density at radius 2 is 1.74 bits per heavy atom. The lowest BCUT2D eigenvalue weighted by molar-refractivity contribution is -0.136. The van der Waals surface area contributed by atoms with Crippen LogP contribution in [-0.2, 0) is 6.18 Å². The number of hydrogen-bond acceptors (Lipinski definition) is 5. The minimum absolute atomic E-state index is 0.160. The second kappa shape index (κ2) is 4.30. The standard InChI is InChI=1S/C11H10F3N5/c12-11(13,14)6-7(15)8(16)10(17)19-9(6)5-2-1-3-18-4-5/h1-4H,16H2,(H4,15,17,19). The van der Waals surface area contributed by atoms with Crippen LogP contribution in [0.15, 0.2) is 24.5 Å². The lowest BCUT2D eigenvalue weighted by Crippen LogP contribution is -2.16. The fraction of sp³-hybridized carbons (Fsp3) is 0.0909. The summed E-state index contributed by atoms with van der Waals surface area (Å²) in [7, 11) is 0. The second-order valence-electron chi connectivity index (χ2n) is 3.79. The van der Waals surface area contributed by atoms with Gasteiger partial charge in [-0.25, -0.2) is 4.98 Å².